The van der Waals surface area contributed by atoms with Crippen molar-refractivity contribution in [3.05, 3.63) is 30.6 Å². The van der Waals surface area contributed by atoms with Crippen molar-refractivity contribution in [2.24, 2.45) is 7.05 Å². The van der Waals surface area contributed by atoms with Gasteiger partial charge < -0.3 is 0 Å². The third kappa shape index (κ3) is 1.59. The maximum atomic E-state index is 2.35. The Labute approximate surface area is 87.6 Å². The molecule has 0 fully saturated rings. The van der Waals surface area contributed by atoms with Crippen LogP contribution in [0.4, 0.5) is 0 Å². The first-order valence-corrected chi connectivity index (χ1v) is 6.68. The lowest BCUT2D eigenvalue weighted by Gasteiger charge is -1.94. The molecule has 0 amide bonds. The van der Waals surface area contributed by atoms with Gasteiger partial charge in [-0.1, -0.05) is 18.2 Å². The van der Waals surface area contributed by atoms with E-state index in [2.05, 4.69) is 46.8 Å². The van der Waals surface area contributed by atoms with Crippen LogP contribution in [0.15, 0.2) is 30.6 Å². The van der Waals surface area contributed by atoms with Gasteiger partial charge in [0.05, 0.1) is 13.6 Å². The van der Waals surface area contributed by atoms with E-state index < -0.39 is 0 Å². The van der Waals surface area contributed by atoms with Crippen molar-refractivity contribution < 1.29 is 4.57 Å². The molecule has 2 rings (SSSR count). The molecule has 0 saturated heterocycles. The smallest absolute Gasteiger partial charge is 0.233 e. The van der Waals surface area contributed by atoms with E-state index in [9.17, 15) is 0 Å². The predicted molar refractivity (Wildman–Crippen MR) is 62.5 cm³/mol. The number of hydrogen-bond acceptors (Lipinski definition) is 0. The van der Waals surface area contributed by atoms with Crippen LogP contribution in [0.2, 0.25) is 6.04 Å². The van der Waals surface area contributed by atoms with Gasteiger partial charge in [0.2, 0.25) is 6.33 Å². The maximum absolute atomic E-state index is 2.35. The lowest BCUT2D eigenvalue weighted by Crippen LogP contribution is -2.31. The van der Waals surface area contributed by atoms with Crippen LogP contribution >= 0.6 is 0 Å². The van der Waals surface area contributed by atoms with E-state index in [0.717, 1.165) is 6.54 Å². The zero-order valence-corrected chi connectivity index (χ0v) is 10.9. The Morgan fingerprint density at radius 1 is 1.36 bits per heavy atom. The SMILES string of the molecule is Cn1c[n+](CCC[SiH3])c2ccccc21. The summed E-state index contributed by atoms with van der Waals surface area (Å²) in [5, 5.41) is 0. The molecule has 74 valence electrons. The number of fused-ring (bicyclic) bond motifs is 1. The molecule has 14 heavy (non-hydrogen) atoms. The van der Waals surface area contributed by atoms with Crippen LogP contribution in [-0.4, -0.2) is 14.8 Å². The largest absolute Gasteiger partial charge is 0.244 e. The van der Waals surface area contributed by atoms with Crippen LogP contribution in [0.25, 0.3) is 11.0 Å². The first kappa shape index (κ1) is 9.46. The van der Waals surface area contributed by atoms with E-state index in [4.69, 9.17) is 0 Å². The van der Waals surface area contributed by atoms with Crippen molar-refractivity contribution in [1.29, 1.82) is 0 Å². The number of hydrogen-bond donors (Lipinski definition) is 0. The second-order valence-corrected chi connectivity index (χ2v) is 4.76. The molecule has 3 heteroatoms. The summed E-state index contributed by atoms with van der Waals surface area (Å²) in [7, 11) is 3.43. The zero-order valence-electron chi connectivity index (χ0n) is 8.90. The molecule has 0 saturated carbocycles. The highest BCUT2D eigenvalue weighted by molar-refractivity contribution is 6.08. The minimum Gasteiger partial charge on any atom is -0.233 e. The van der Waals surface area contributed by atoms with E-state index in [1.165, 1.54) is 33.7 Å². The highest BCUT2D eigenvalue weighted by atomic mass is 28.1. The van der Waals surface area contributed by atoms with Crippen LogP contribution in [0, 0.1) is 0 Å². The van der Waals surface area contributed by atoms with Crippen LogP contribution in [0.1, 0.15) is 6.42 Å². The first-order chi connectivity index (χ1) is 6.83. The molecule has 0 spiro atoms. The van der Waals surface area contributed by atoms with Crippen molar-refractivity contribution in [3.8, 4) is 0 Å². The second kappa shape index (κ2) is 3.96. The van der Waals surface area contributed by atoms with Crippen molar-refractivity contribution in [2.75, 3.05) is 0 Å². The Hall–Kier alpha value is -1.09. The molecule has 0 radical (unpaired) electrons. The van der Waals surface area contributed by atoms with Crippen LogP contribution in [-0.2, 0) is 13.6 Å². The Bertz CT molecular complexity index is 434. The fraction of sp³-hybridized carbons (Fsp3) is 0.364. The third-order valence-corrected chi connectivity index (χ3v) is 3.34. The highest BCUT2D eigenvalue weighted by Gasteiger charge is 2.10. The quantitative estimate of drug-likeness (QED) is 0.514. The van der Waals surface area contributed by atoms with E-state index in [0.29, 0.717) is 0 Å². The molecule has 1 aromatic carbocycles. The third-order valence-electron chi connectivity index (χ3n) is 2.64. The summed E-state index contributed by atoms with van der Waals surface area (Å²) >= 11 is 0. The van der Waals surface area contributed by atoms with E-state index in [1.54, 1.807) is 0 Å². The van der Waals surface area contributed by atoms with Crippen molar-refractivity contribution >= 4 is 21.3 Å². The van der Waals surface area contributed by atoms with Gasteiger partial charge in [0.15, 0.2) is 11.0 Å². The summed E-state index contributed by atoms with van der Waals surface area (Å²) < 4.78 is 4.55. The van der Waals surface area contributed by atoms with Gasteiger partial charge in [-0.15, -0.1) is 0 Å². The number of imidazole rings is 1. The molecule has 1 heterocycles. The van der Waals surface area contributed by atoms with Gasteiger partial charge in [-0.3, -0.25) is 0 Å². The van der Waals surface area contributed by atoms with Gasteiger partial charge in [0, 0.05) is 10.2 Å². The van der Waals surface area contributed by atoms with Crippen LogP contribution < -0.4 is 4.57 Å². The standard InChI is InChI=1S/C11H17N2Si/c1-12-9-13(7-4-8-14)11-6-3-2-5-10(11)12/h2-3,5-6,9H,4,7-8H2,1,14H3/q+1. The molecule has 0 atom stereocenters. The second-order valence-electron chi connectivity index (χ2n) is 3.76. The number of nitrogens with zero attached hydrogens (tertiary/aromatic N) is 2. The molecule has 0 aliphatic rings. The summed E-state index contributed by atoms with van der Waals surface area (Å²) in [6, 6.07) is 9.96. The maximum Gasteiger partial charge on any atom is 0.244 e. The Morgan fingerprint density at radius 3 is 2.93 bits per heavy atom. The monoisotopic (exact) mass is 205 g/mol. The lowest BCUT2D eigenvalue weighted by molar-refractivity contribution is -0.672. The summed E-state index contributed by atoms with van der Waals surface area (Å²) in [5.41, 5.74) is 2.67. The van der Waals surface area contributed by atoms with Gasteiger partial charge in [-0.05, 0) is 18.6 Å². The molecule has 1 aromatic heterocycles. The number of aromatic nitrogens is 2. The average molecular weight is 205 g/mol. The highest BCUT2D eigenvalue weighted by Crippen LogP contribution is 2.08. The molecular weight excluding hydrogens is 188 g/mol. The molecule has 0 aliphatic heterocycles. The Kier molecular flexibility index (Phi) is 2.68. The molecule has 2 aromatic rings. The molecular formula is C11H17N2Si+. The zero-order chi connectivity index (χ0) is 9.97. The van der Waals surface area contributed by atoms with Crippen molar-refractivity contribution in [1.82, 2.24) is 4.57 Å². The number of benzene rings is 1. The molecule has 0 aliphatic carbocycles. The fourth-order valence-corrected chi connectivity index (χ4v) is 2.16. The number of rotatable bonds is 3. The Morgan fingerprint density at radius 2 is 2.14 bits per heavy atom. The van der Waals surface area contributed by atoms with Crippen LogP contribution in [0.5, 0.6) is 0 Å². The molecule has 0 N–H and O–H groups in total. The predicted octanol–water partition coefficient (Wildman–Crippen LogP) is 0.640. The molecule has 0 unspecified atom stereocenters. The van der Waals surface area contributed by atoms with E-state index >= 15 is 0 Å². The van der Waals surface area contributed by atoms with Crippen molar-refractivity contribution in [3.63, 3.8) is 0 Å². The summed E-state index contributed by atoms with van der Waals surface area (Å²) in [6.07, 6.45) is 3.51. The van der Waals surface area contributed by atoms with Crippen LogP contribution in [0.3, 0.4) is 0 Å². The summed E-state index contributed by atoms with van der Waals surface area (Å²) in [6.45, 7) is 1.16. The number of aryl methyl sites for hydroxylation is 2. The van der Waals surface area contributed by atoms with E-state index in [-0.39, 0.29) is 0 Å². The number of para-hydroxylation sites is 2. The average Bonchev–Trinajstić information content (AvgIpc) is 2.54. The van der Waals surface area contributed by atoms with Crippen molar-refractivity contribution in [2.45, 2.75) is 19.0 Å². The van der Waals surface area contributed by atoms with Gasteiger partial charge in [0.1, 0.15) is 0 Å². The minimum atomic E-state index is 1.16. The van der Waals surface area contributed by atoms with Gasteiger partial charge in [0.25, 0.3) is 0 Å². The molecule has 0 bridgehead atoms. The minimum absolute atomic E-state index is 1.16. The van der Waals surface area contributed by atoms with E-state index in [1.807, 2.05) is 0 Å². The molecule has 2 nitrogen and oxygen atoms in total. The lowest BCUT2D eigenvalue weighted by atomic mass is 10.3. The normalized spacial score (nSPS) is 11.2. The van der Waals surface area contributed by atoms with Gasteiger partial charge >= 0.3 is 0 Å². The Balaban J connectivity index is 2.44. The van der Waals surface area contributed by atoms with Gasteiger partial charge in [-0.2, -0.15) is 0 Å². The fourth-order valence-electron chi connectivity index (χ4n) is 1.85. The summed E-state index contributed by atoms with van der Waals surface area (Å²) in [5.74, 6) is 0. The topological polar surface area (TPSA) is 8.81 Å². The summed E-state index contributed by atoms with van der Waals surface area (Å²) in [4.78, 5) is 0. The van der Waals surface area contributed by atoms with Gasteiger partial charge in [-0.25, -0.2) is 9.13 Å². The first-order valence-electron chi connectivity index (χ1n) is 5.26.